The number of hydrogen-bond donors (Lipinski definition) is 2. The molecule has 1 aromatic heterocycles. The van der Waals surface area contributed by atoms with Crippen molar-refractivity contribution in [1.29, 1.82) is 0 Å². The number of carbonyl (C=O) groups is 1. The van der Waals surface area contributed by atoms with Crippen LogP contribution in [-0.4, -0.2) is 21.6 Å². The lowest BCUT2D eigenvalue weighted by molar-refractivity contribution is -0.116. The number of ether oxygens (including phenoxy) is 1. The SMILES string of the molecule is CC(C)Oc1ccccc1NC(=O)Cn1c(=O)[nH]c2cc(F)ccc21. The summed E-state index contributed by atoms with van der Waals surface area (Å²) in [6.07, 6.45) is -0.0378. The fourth-order valence-electron chi connectivity index (χ4n) is 2.55. The van der Waals surface area contributed by atoms with Crippen LogP contribution in [-0.2, 0) is 11.3 Å². The molecule has 3 aromatic rings. The van der Waals surface area contributed by atoms with E-state index < -0.39 is 11.5 Å². The number of anilines is 1. The van der Waals surface area contributed by atoms with Crippen molar-refractivity contribution in [2.75, 3.05) is 5.32 Å². The molecule has 0 radical (unpaired) electrons. The molecule has 0 spiro atoms. The van der Waals surface area contributed by atoms with Gasteiger partial charge in [0.25, 0.3) is 0 Å². The quantitative estimate of drug-likeness (QED) is 0.748. The molecule has 7 heteroatoms. The molecule has 0 fully saturated rings. The van der Waals surface area contributed by atoms with Gasteiger partial charge in [-0.3, -0.25) is 9.36 Å². The van der Waals surface area contributed by atoms with Gasteiger partial charge in [0.15, 0.2) is 0 Å². The normalized spacial score (nSPS) is 11.0. The molecular weight excluding hydrogens is 325 g/mol. The Kier molecular flexibility index (Phi) is 4.56. The maximum Gasteiger partial charge on any atom is 0.326 e. The first-order valence-corrected chi connectivity index (χ1v) is 7.87. The molecule has 1 amide bonds. The van der Waals surface area contributed by atoms with E-state index in [2.05, 4.69) is 10.3 Å². The highest BCUT2D eigenvalue weighted by Crippen LogP contribution is 2.25. The van der Waals surface area contributed by atoms with Crippen LogP contribution in [0.5, 0.6) is 5.75 Å². The average molecular weight is 343 g/mol. The number of amides is 1. The highest BCUT2D eigenvalue weighted by Gasteiger charge is 2.13. The van der Waals surface area contributed by atoms with E-state index in [0.717, 1.165) is 0 Å². The second-order valence-electron chi connectivity index (χ2n) is 5.89. The van der Waals surface area contributed by atoms with Gasteiger partial charge in [-0.25, -0.2) is 9.18 Å². The summed E-state index contributed by atoms with van der Waals surface area (Å²) in [6.45, 7) is 3.59. The number of carbonyl (C=O) groups excluding carboxylic acids is 1. The summed E-state index contributed by atoms with van der Waals surface area (Å²) >= 11 is 0. The van der Waals surface area contributed by atoms with Gasteiger partial charge in [0.05, 0.1) is 22.8 Å². The average Bonchev–Trinajstić information content (AvgIpc) is 2.83. The van der Waals surface area contributed by atoms with Gasteiger partial charge < -0.3 is 15.0 Å². The van der Waals surface area contributed by atoms with E-state index in [-0.39, 0.29) is 18.6 Å². The molecule has 6 nitrogen and oxygen atoms in total. The molecule has 2 N–H and O–H groups in total. The van der Waals surface area contributed by atoms with Crippen molar-refractivity contribution >= 4 is 22.6 Å². The van der Waals surface area contributed by atoms with Gasteiger partial charge in [-0.15, -0.1) is 0 Å². The Morgan fingerprint density at radius 1 is 1.28 bits per heavy atom. The Labute approximate surface area is 143 Å². The van der Waals surface area contributed by atoms with Crippen molar-refractivity contribution in [3.8, 4) is 5.75 Å². The van der Waals surface area contributed by atoms with Gasteiger partial charge in [0.2, 0.25) is 5.91 Å². The van der Waals surface area contributed by atoms with Crippen molar-refractivity contribution in [2.45, 2.75) is 26.5 Å². The number of nitrogens with zero attached hydrogens (tertiary/aromatic N) is 1. The minimum atomic E-state index is -0.470. The lowest BCUT2D eigenvalue weighted by atomic mass is 10.2. The first-order valence-electron chi connectivity index (χ1n) is 7.87. The highest BCUT2D eigenvalue weighted by molar-refractivity contribution is 5.93. The van der Waals surface area contributed by atoms with E-state index in [4.69, 9.17) is 4.74 Å². The van der Waals surface area contributed by atoms with Gasteiger partial charge in [-0.05, 0) is 44.2 Å². The predicted octanol–water partition coefficient (Wildman–Crippen LogP) is 2.89. The predicted molar refractivity (Wildman–Crippen MR) is 93.4 cm³/mol. The summed E-state index contributed by atoms with van der Waals surface area (Å²) in [6, 6.07) is 11.0. The number of imidazole rings is 1. The lowest BCUT2D eigenvalue weighted by Crippen LogP contribution is -2.26. The fourth-order valence-corrected chi connectivity index (χ4v) is 2.55. The first-order chi connectivity index (χ1) is 11.9. The second kappa shape index (κ2) is 6.80. The molecule has 2 aromatic carbocycles. The molecule has 0 unspecified atom stereocenters. The zero-order chi connectivity index (χ0) is 18.0. The Morgan fingerprint density at radius 2 is 2.04 bits per heavy atom. The molecule has 0 saturated carbocycles. The second-order valence-corrected chi connectivity index (χ2v) is 5.89. The largest absolute Gasteiger partial charge is 0.489 e. The molecule has 0 aliphatic rings. The fraction of sp³-hybridized carbons (Fsp3) is 0.222. The van der Waals surface area contributed by atoms with Crippen LogP contribution in [0.25, 0.3) is 11.0 Å². The van der Waals surface area contributed by atoms with Crippen molar-refractivity contribution in [3.05, 3.63) is 58.8 Å². The molecule has 25 heavy (non-hydrogen) atoms. The zero-order valence-corrected chi connectivity index (χ0v) is 13.9. The van der Waals surface area contributed by atoms with Crippen LogP contribution in [0.2, 0.25) is 0 Å². The van der Waals surface area contributed by atoms with Gasteiger partial charge in [-0.2, -0.15) is 0 Å². The lowest BCUT2D eigenvalue weighted by Gasteiger charge is -2.14. The number of hydrogen-bond acceptors (Lipinski definition) is 3. The van der Waals surface area contributed by atoms with Crippen LogP contribution in [0.4, 0.5) is 10.1 Å². The number of aromatic amines is 1. The van der Waals surface area contributed by atoms with Crippen LogP contribution in [0.3, 0.4) is 0 Å². The van der Waals surface area contributed by atoms with Gasteiger partial charge >= 0.3 is 5.69 Å². The molecule has 0 atom stereocenters. The van der Waals surface area contributed by atoms with E-state index in [1.165, 1.54) is 22.8 Å². The standard InChI is InChI=1S/C18H18FN3O3/c1-11(2)25-16-6-4-3-5-13(16)20-17(23)10-22-15-8-7-12(19)9-14(15)21-18(22)24/h3-9,11H,10H2,1-2H3,(H,20,23)(H,21,24). The summed E-state index contributed by atoms with van der Waals surface area (Å²) < 4.78 is 20.2. The third kappa shape index (κ3) is 3.71. The van der Waals surface area contributed by atoms with Crippen molar-refractivity contribution in [3.63, 3.8) is 0 Å². The van der Waals surface area contributed by atoms with Gasteiger partial charge in [0, 0.05) is 0 Å². The molecule has 0 saturated heterocycles. The number of benzene rings is 2. The first kappa shape index (κ1) is 16.8. The Morgan fingerprint density at radius 3 is 2.80 bits per heavy atom. The Balaban J connectivity index is 1.82. The number of para-hydroxylation sites is 2. The summed E-state index contributed by atoms with van der Waals surface area (Å²) in [5.74, 6) is -0.281. The summed E-state index contributed by atoms with van der Waals surface area (Å²) in [5.41, 5.74) is 0.872. The van der Waals surface area contributed by atoms with E-state index in [1.54, 1.807) is 18.2 Å². The van der Waals surface area contributed by atoms with Crippen molar-refractivity contribution < 1.29 is 13.9 Å². The smallest absolute Gasteiger partial charge is 0.326 e. The molecule has 0 aliphatic heterocycles. The number of H-pyrrole nitrogens is 1. The molecular formula is C18H18FN3O3. The number of nitrogens with one attached hydrogen (secondary N) is 2. The summed E-state index contributed by atoms with van der Waals surface area (Å²) in [5, 5.41) is 2.75. The third-order valence-corrected chi connectivity index (χ3v) is 3.56. The monoisotopic (exact) mass is 343 g/mol. The number of aromatic nitrogens is 2. The van der Waals surface area contributed by atoms with Crippen LogP contribution in [0, 0.1) is 5.82 Å². The van der Waals surface area contributed by atoms with Crippen molar-refractivity contribution in [1.82, 2.24) is 9.55 Å². The zero-order valence-electron chi connectivity index (χ0n) is 13.9. The molecule has 1 heterocycles. The maximum absolute atomic E-state index is 13.3. The highest BCUT2D eigenvalue weighted by atomic mass is 19.1. The Hall–Kier alpha value is -3.09. The molecule has 0 aliphatic carbocycles. The summed E-state index contributed by atoms with van der Waals surface area (Å²) in [4.78, 5) is 26.9. The number of halogens is 1. The molecule has 0 bridgehead atoms. The van der Waals surface area contributed by atoms with Crippen LogP contribution < -0.4 is 15.7 Å². The summed E-state index contributed by atoms with van der Waals surface area (Å²) in [7, 11) is 0. The van der Waals surface area contributed by atoms with E-state index in [1.807, 2.05) is 19.9 Å². The van der Waals surface area contributed by atoms with Crippen LogP contribution >= 0.6 is 0 Å². The minimum Gasteiger partial charge on any atom is -0.489 e. The van der Waals surface area contributed by atoms with Crippen LogP contribution in [0.1, 0.15) is 13.8 Å². The van der Waals surface area contributed by atoms with Gasteiger partial charge in [0.1, 0.15) is 18.1 Å². The number of rotatable bonds is 5. The van der Waals surface area contributed by atoms with Crippen molar-refractivity contribution in [2.24, 2.45) is 0 Å². The van der Waals surface area contributed by atoms with Gasteiger partial charge in [-0.1, -0.05) is 12.1 Å². The minimum absolute atomic E-state index is 0.0378. The topological polar surface area (TPSA) is 76.1 Å². The third-order valence-electron chi connectivity index (χ3n) is 3.56. The molecule has 3 rings (SSSR count). The maximum atomic E-state index is 13.3. The van der Waals surface area contributed by atoms with E-state index in [0.29, 0.717) is 22.5 Å². The van der Waals surface area contributed by atoms with E-state index >= 15 is 0 Å². The van der Waals surface area contributed by atoms with Crippen LogP contribution in [0.15, 0.2) is 47.3 Å². The molecule has 130 valence electrons. The number of fused-ring (bicyclic) bond motifs is 1. The van der Waals surface area contributed by atoms with E-state index in [9.17, 15) is 14.0 Å². The Bertz CT molecular complexity index is 975.